The van der Waals surface area contributed by atoms with Crippen LogP contribution in [0.1, 0.15) is 36.5 Å². The number of amides is 1. The van der Waals surface area contributed by atoms with Gasteiger partial charge in [-0.2, -0.15) is 0 Å². The van der Waals surface area contributed by atoms with E-state index in [-0.39, 0.29) is 16.8 Å². The van der Waals surface area contributed by atoms with Gasteiger partial charge in [-0.05, 0) is 61.7 Å². The van der Waals surface area contributed by atoms with E-state index in [0.29, 0.717) is 43.9 Å². The number of ether oxygens (including phenoxy) is 1. The fraction of sp³-hybridized carbons (Fsp3) is 0.381. The van der Waals surface area contributed by atoms with Gasteiger partial charge in [0.05, 0.1) is 11.5 Å². The first-order valence-corrected chi connectivity index (χ1v) is 11.2. The molecule has 0 spiro atoms. The highest BCUT2D eigenvalue weighted by molar-refractivity contribution is 7.89. The fourth-order valence-electron chi connectivity index (χ4n) is 3.22. The normalized spacial score (nSPS) is 15.3. The van der Waals surface area contributed by atoms with Crippen LogP contribution in [0.4, 0.5) is 4.39 Å². The molecule has 0 radical (unpaired) electrons. The van der Waals surface area contributed by atoms with E-state index >= 15 is 0 Å². The Bertz CT molecular complexity index is 939. The van der Waals surface area contributed by atoms with Crippen molar-refractivity contribution in [2.45, 2.75) is 37.1 Å². The van der Waals surface area contributed by atoms with E-state index in [1.54, 1.807) is 23.1 Å². The first kappa shape index (κ1) is 21.3. The van der Waals surface area contributed by atoms with Crippen molar-refractivity contribution in [3.05, 3.63) is 59.9 Å². The molecule has 2 aromatic rings. The Morgan fingerprint density at radius 2 is 1.86 bits per heavy atom. The summed E-state index contributed by atoms with van der Waals surface area (Å²) in [6.45, 7) is 3.52. The first-order chi connectivity index (χ1) is 13.9. The minimum atomic E-state index is -3.72. The van der Waals surface area contributed by atoms with E-state index < -0.39 is 15.8 Å². The number of hydrogen-bond donors (Lipinski definition) is 1. The van der Waals surface area contributed by atoms with Crippen LogP contribution < -0.4 is 9.46 Å². The number of sulfonamides is 1. The maximum Gasteiger partial charge on any atom is 0.253 e. The molecule has 2 aromatic carbocycles. The van der Waals surface area contributed by atoms with Gasteiger partial charge in [-0.25, -0.2) is 17.5 Å². The van der Waals surface area contributed by atoms with Crippen molar-refractivity contribution in [1.82, 2.24) is 9.62 Å². The lowest BCUT2D eigenvalue weighted by molar-refractivity contribution is 0.0711. The molecule has 1 aliphatic heterocycles. The highest BCUT2D eigenvalue weighted by atomic mass is 32.2. The zero-order valence-corrected chi connectivity index (χ0v) is 17.1. The highest BCUT2D eigenvalue weighted by Gasteiger charge is 2.27. The molecule has 8 heteroatoms. The van der Waals surface area contributed by atoms with Crippen molar-refractivity contribution >= 4 is 15.9 Å². The number of nitrogens with one attached hydrogen (secondary N) is 1. The average Bonchev–Trinajstić information content (AvgIpc) is 2.72. The van der Waals surface area contributed by atoms with Gasteiger partial charge >= 0.3 is 0 Å². The third kappa shape index (κ3) is 5.55. The van der Waals surface area contributed by atoms with E-state index in [1.807, 2.05) is 13.0 Å². The lowest BCUT2D eigenvalue weighted by Crippen LogP contribution is -2.46. The van der Waals surface area contributed by atoms with Gasteiger partial charge in [-0.3, -0.25) is 4.79 Å². The van der Waals surface area contributed by atoms with E-state index in [1.165, 1.54) is 12.1 Å². The number of likely N-dealkylation sites (tertiary alicyclic amines) is 1. The summed E-state index contributed by atoms with van der Waals surface area (Å²) in [6, 6.07) is 11.6. The van der Waals surface area contributed by atoms with E-state index in [0.717, 1.165) is 18.6 Å². The third-order valence-electron chi connectivity index (χ3n) is 4.78. The Morgan fingerprint density at radius 1 is 1.17 bits per heavy atom. The predicted molar refractivity (Wildman–Crippen MR) is 108 cm³/mol. The third-order valence-corrected chi connectivity index (χ3v) is 6.32. The summed E-state index contributed by atoms with van der Waals surface area (Å²) in [6.07, 6.45) is 1.91. The predicted octanol–water partition coefficient (Wildman–Crippen LogP) is 3.20. The molecule has 3 rings (SSSR count). The minimum Gasteiger partial charge on any atom is -0.494 e. The number of piperidine rings is 1. The largest absolute Gasteiger partial charge is 0.494 e. The molecule has 0 unspecified atom stereocenters. The van der Waals surface area contributed by atoms with Gasteiger partial charge in [0.1, 0.15) is 11.6 Å². The van der Waals surface area contributed by atoms with Crippen molar-refractivity contribution in [3.63, 3.8) is 0 Å². The maximum absolute atomic E-state index is 13.0. The number of hydrogen-bond acceptors (Lipinski definition) is 4. The standard InChI is InChI=1S/C21H25FN2O4S/c1-2-14-28-19-5-3-4-16(15-19)21(25)24-12-10-18(11-13-24)23-29(26,27)20-8-6-17(22)7-9-20/h3-9,15,18,23H,2,10-14H2,1H3. The second-order valence-electron chi connectivity index (χ2n) is 7.02. The van der Waals surface area contributed by atoms with Crippen LogP contribution in [0.25, 0.3) is 0 Å². The second kappa shape index (κ2) is 9.37. The van der Waals surface area contributed by atoms with Crippen molar-refractivity contribution in [2.75, 3.05) is 19.7 Å². The molecule has 0 saturated carbocycles. The average molecular weight is 421 g/mol. The van der Waals surface area contributed by atoms with Crippen LogP contribution in [0, 0.1) is 5.82 Å². The highest BCUT2D eigenvalue weighted by Crippen LogP contribution is 2.20. The van der Waals surface area contributed by atoms with Gasteiger partial charge < -0.3 is 9.64 Å². The zero-order chi connectivity index (χ0) is 20.9. The van der Waals surface area contributed by atoms with Crippen molar-refractivity contribution in [1.29, 1.82) is 0 Å². The van der Waals surface area contributed by atoms with Gasteiger partial charge in [0.25, 0.3) is 5.91 Å². The quantitative estimate of drug-likeness (QED) is 0.746. The second-order valence-corrected chi connectivity index (χ2v) is 8.73. The van der Waals surface area contributed by atoms with Crippen LogP contribution in [0.2, 0.25) is 0 Å². The Balaban J connectivity index is 1.57. The Morgan fingerprint density at radius 3 is 2.52 bits per heavy atom. The van der Waals surface area contributed by atoms with Crippen LogP contribution in [-0.4, -0.2) is 45.0 Å². The summed E-state index contributed by atoms with van der Waals surface area (Å²) in [5.41, 5.74) is 0.559. The molecule has 0 aliphatic carbocycles. The molecule has 156 valence electrons. The van der Waals surface area contributed by atoms with Crippen molar-refractivity contribution in [3.8, 4) is 5.75 Å². The van der Waals surface area contributed by atoms with Gasteiger partial charge in [0.2, 0.25) is 10.0 Å². The molecule has 1 amide bonds. The molecule has 29 heavy (non-hydrogen) atoms. The molecule has 0 aromatic heterocycles. The lowest BCUT2D eigenvalue weighted by Gasteiger charge is -2.32. The van der Waals surface area contributed by atoms with Gasteiger partial charge in [0.15, 0.2) is 0 Å². The molecule has 0 atom stereocenters. The minimum absolute atomic E-state index is 0.0290. The number of benzene rings is 2. The van der Waals surface area contributed by atoms with Crippen LogP contribution in [0.15, 0.2) is 53.4 Å². The molecule has 1 heterocycles. The number of carbonyl (C=O) groups is 1. The smallest absolute Gasteiger partial charge is 0.253 e. The number of halogens is 1. The summed E-state index contributed by atoms with van der Waals surface area (Å²) < 4.78 is 46.1. The summed E-state index contributed by atoms with van der Waals surface area (Å²) in [5.74, 6) is 0.0892. The summed E-state index contributed by atoms with van der Waals surface area (Å²) >= 11 is 0. The Labute approximate surface area is 170 Å². The number of carbonyl (C=O) groups excluding carboxylic acids is 1. The van der Waals surface area contributed by atoms with Gasteiger partial charge in [0, 0.05) is 24.7 Å². The molecular formula is C21H25FN2O4S. The van der Waals surface area contributed by atoms with Crippen LogP contribution in [-0.2, 0) is 10.0 Å². The number of nitrogens with zero attached hydrogens (tertiary/aromatic N) is 1. The van der Waals surface area contributed by atoms with Crippen molar-refractivity contribution < 1.29 is 22.3 Å². The van der Waals surface area contributed by atoms with Crippen LogP contribution >= 0.6 is 0 Å². The maximum atomic E-state index is 13.0. The molecule has 1 aliphatic rings. The van der Waals surface area contributed by atoms with Gasteiger partial charge in [-0.1, -0.05) is 13.0 Å². The van der Waals surface area contributed by atoms with Crippen molar-refractivity contribution in [2.24, 2.45) is 0 Å². The first-order valence-electron chi connectivity index (χ1n) is 9.69. The van der Waals surface area contributed by atoms with E-state index in [4.69, 9.17) is 4.74 Å². The SMILES string of the molecule is CCCOc1cccc(C(=O)N2CCC(NS(=O)(=O)c3ccc(F)cc3)CC2)c1. The summed E-state index contributed by atoms with van der Waals surface area (Å²) in [5, 5.41) is 0. The van der Waals surface area contributed by atoms with Crippen LogP contribution in [0.5, 0.6) is 5.75 Å². The molecule has 6 nitrogen and oxygen atoms in total. The summed E-state index contributed by atoms with van der Waals surface area (Å²) in [4.78, 5) is 14.5. The molecular weight excluding hydrogens is 395 g/mol. The Hall–Kier alpha value is -2.45. The molecule has 0 bridgehead atoms. The molecule has 1 saturated heterocycles. The number of rotatable bonds is 7. The topological polar surface area (TPSA) is 75.7 Å². The van der Waals surface area contributed by atoms with E-state index in [2.05, 4.69) is 4.72 Å². The molecule has 1 N–H and O–H groups in total. The molecule has 1 fully saturated rings. The lowest BCUT2D eigenvalue weighted by atomic mass is 10.0. The Kier molecular flexibility index (Phi) is 6.87. The van der Waals surface area contributed by atoms with Gasteiger partial charge in [-0.15, -0.1) is 0 Å². The monoisotopic (exact) mass is 420 g/mol. The van der Waals surface area contributed by atoms with E-state index in [9.17, 15) is 17.6 Å². The fourth-order valence-corrected chi connectivity index (χ4v) is 4.53. The van der Waals surface area contributed by atoms with Crippen LogP contribution in [0.3, 0.4) is 0 Å². The summed E-state index contributed by atoms with van der Waals surface area (Å²) in [7, 11) is -3.72. The zero-order valence-electron chi connectivity index (χ0n) is 16.3.